The molecule has 6 heteroatoms. The van der Waals surface area contributed by atoms with Crippen LogP contribution in [0, 0.1) is 0 Å². The number of likely N-dealkylation sites (tertiary alicyclic amines) is 1. The average Bonchev–Trinajstić information content (AvgIpc) is 2.59. The average molecular weight is 340 g/mol. The van der Waals surface area contributed by atoms with E-state index >= 15 is 0 Å². The second kappa shape index (κ2) is 10.2. The fourth-order valence-electron chi connectivity index (χ4n) is 2.85. The van der Waals surface area contributed by atoms with Gasteiger partial charge in [-0.25, -0.2) is 0 Å². The molecular weight excluding hydrogens is 314 g/mol. The molecule has 0 radical (unpaired) electrons. The summed E-state index contributed by atoms with van der Waals surface area (Å²) in [5.74, 6) is 0.0648. The maximum atomic E-state index is 12.2. The van der Waals surface area contributed by atoms with Crippen LogP contribution in [0.1, 0.15) is 42.5 Å². The Kier molecular flexibility index (Phi) is 8.66. The van der Waals surface area contributed by atoms with Gasteiger partial charge in [-0.3, -0.25) is 9.59 Å². The molecule has 0 aliphatic carbocycles. The predicted octanol–water partition coefficient (Wildman–Crippen LogP) is 1.96. The van der Waals surface area contributed by atoms with Crippen LogP contribution in [0.4, 0.5) is 0 Å². The number of nitrogens with one attached hydrogen (secondary N) is 1. The highest BCUT2D eigenvalue weighted by atomic mass is 35.5. The second-order valence-electron chi connectivity index (χ2n) is 5.70. The van der Waals surface area contributed by atoms with E-state index in [0.29, 0.717) is 31.5 Å². The van der Waals surface area contributed by atoms with Crippen LogP contribution in [0.15, 0.2) is 30.3 Å². The maximum absolute atomic E-state index is 12.2. The van der Waals surface area contributed by atoms with E-state index in [9.17, 15) is 9.59 Å². The quantitative estimate of drug-likeness (QED) is 0.778. The molecule has 23 heavy (non-hydrogen) atoms. The van der Waals surface area contributed by atoms with Crippen LogP contribution in [0.5, 0.6) is 0 Å². The first-order valence-corrected chi connectivity index (χ1v) is 8.05. The van der Waals surface area contributed by atoms with Crippen molar-refractivity contribution in [1.29, 1.82) is 0 Å². The minimum atomic E-state index is -0.0918. The Morgan fingerprint density at radius 2 is 1.96 bits per heavy atom. The van der Waals surface area contributed by atoms with Gasteiger partial charge in [-0.1, -0.05) is 18.2 Å². The van der Waals surface area contributed by atoms with Crippen molar-refractivity contribution in [2.45, 2.75) is 38.1 Å². The molecule has 1 aromatic rings. The van der Waals surface area contributed by atoms with Gasteiger partial charge in [-0.2, -0.15) is 0 Å². The molecule has 0 saturated carbocycles. The lowest BCUT2D eigenvalue weighted by atomic mass is 10.0. The highest BCUT2D eigenvalue weighted by Crippen LogP contribution is 2.17. The molecule has 5 nitrogen and oxygen atoms in total. The Morgan fingerprint density at radius 3 is 2.65 bits per heavy atom. The summed E-state index contributed by atoms with van der Waals surface area (Å²) in [7, 11) is 0. The van der Waals surface area contributed by atoms with Crippen molar-refractivity contribution in [3.8, 4) is 0 Å². The molecule has 1 saturated heterocycles. The maximum Gasteiger partial charge on any atom is 0.251 e. The van der Waals surface area contributed by atoms with Crippen LogP contribution in [0.2, 0.25) is 0 Å². The van der Waals surface area contributed by atoms with Gasteiger partial charge in [0.25, 0.3) is 5.91 Å². The number of carbonyl (C=O) groups excluding carboxylic acids is 2. The molecule has 1 atom stereocenters. The number of nitrogens with two attached hydrogens (primary N) is 1. The van der Waals surface area contributed by atoms with E-state index in [1.165, 1.54) is 0 Å². The van der Waals surface area contributed by atoms with Crippen LogP contribution in [0.25, 0.3) is 0 Å². The number of nitrogens with zero attached hydrogens (tertiary/aromatic N) is 1. The fraction of sp³-hybridized carbons (Fsp3) is 0.529. The monoisotopic (exact) mass is 339 g/mol. The Balaban J connectivity index is 0.00000264. The lowest BCUT2D eigenvalue weighted by Crippen LogP contribution is -2.47. The summed E-state index contributed by atoms with van der Waals surface area (Å²) in [6, 6.07) is 9.30. The third-order valence-electron chi connectivity index (χ3n) is 4.11. The topological polar surface area (TPSA) is 75.4 Å². The first-order chi connectivity index (χ1) is 10.7. The lowest BCUT2D eigenvalue weighted by molar-refractivity contribution is -0.134. The Hall–Kier alpha value is -1.59. The largest absolute Gasteiger partial charge is 0.352 e. The number of benzene rings is 1. The molecule has 0 aromatic heterocycles. The van der Waals surface area contributed by atoms with Gasteiger partial charge < -0.3 is 16.0 Å². The van der Waals surface area contributed by atoms with Gasteiger partial charge in [-0.05, 0) is 37.8 Å². The molecule has 1 heterocycles. The minimum absolute atomic E-state index is 0. The zero-order chi connectivity index (χ0) is 15.8. The molecule has 1 unspecified atom stereocenters. The summed E-state index contributed by atoms with van der Waals surface area (Å²) in [4.78, 5) is 26.0. The van der Waals surface area contributed by atoms with Crippen LogP contribution < -0.4 is 11.1 Å². The number of rotatable bonds is 6. The smallest absolute Gasteiger partial charge is 0.251 e. The zero-order valence-corrected chi connectivity index (χ0v) is 14.2. The van der Waals surface area contributed by atoms with Gasteiger partial charge in [-0.15, -0.1) is 12.4 Å². The number of hydrogen-bond donors (Lipinski definition) is 2. The SMILES string of the molecule is Cl.NCC1CCCCN1C(=O)CCCNC(=O)c1ccccc1. The molecule has 1 aliphatic rings. The van der Waals surface area contributed by atoms with Gasteiger partial charge in [0.2, 0.25) is 5.91 Å². The Bertz CT molecular complexity index is 496. The summed E-state index contributed by atoms with van der Waals surface area (Å²) in [6.45, 7) is 1.87. The van der Waals surface area contributed by atoms with Gasteiger partial charge >= 0.3 is 0 Å². The van der Waals surface area contributed by atoms with Gasteiger partial charge in [0.15, 0.2) is 0 Å². The van der Waals surface area contributed by atoms with Gasteiger partial charge in [0.1, 0.15) is 0 Å². The number of piperidine rings is 1. The standard InChI is InChI=1S/C17H25N3O2.ClH/c18-13-15-9-4-5-12-20(15)16(21)10-6-11-19-17(22)14-7-2-1-3-8-14;/h1-3,7-8,15H,4-6,9-13,18H2,(H,19,22);1H. The number of carbonyl (C=O) groups is 2. The molecule has 2 rings (SSSR count). The van der Waals surface area contributed by atoms with Crippen molar-refractivity contribution in [3.05, 3.63) is 35.9 Å². The highest BCUT2D eigenvalue weighted by Gasteiger charge is 2.24. The molecule has 1 fully saturated rings. The van der Waals surface area contributed by atoms with E-state index in [-0.39, 0.29) is 30.3 Å². The normalized spacial score (nSPS) is 17.3. The first kappa shape index (κ1) is 19.5. The Labute approximate surface area is 144 Å². The van der Waals surface area contributed by atoms with Crippen molar-refractivity contribution in [2.75, 3.05) is 19.6 Å². The zero-order valence-electron chi connectivity index (χ0n) is 13.4. The third kappa shape index (κ3) is 5.84. The van der Waals surface area contributed by atoms with Crippen molar-refractivity contribution in [3.63, 3.8) is 0 Å². The summed E-state index contributed by atoms with van der Waals surface area (Å²) >= 11 is 0. The minimum Gasteiger partial charge on any atom is -0.352 e. The van der Waals surface area contributed by atoms with Crippen LogP contribution in [0.3, 0.4) is 0 Å². The molecule has 128 valence electrons. The van der Waals surface area contributed by atoms with Crippen LogP contribution >= 0.6 is 12.4 Å². The van der Waals surface area contributed by atoms with Crippen LogP contribution in [-0.2, 0) is 4.79 Å². The summed E-state index contributed by atoms with van der Waals surface area (Å²) in [5.41, 5.74) is 6.39. The number of amides is 2. The van der Waals surface area contributed by atoms with Crippen molar-refractivity contribution in [1.82, 2.24) is 10.2 Å². The van der Waals surface area contributed by atoms with E-state index in [1.807, 2.05) is 23.1 Å². The van der Waals surface area contributed by atoms with Crippen LogP contribution in [-0.4, -0.2) is 42.4 Å². The highest BCUT2D eigenvalue weighted by molar-refractivity contribution is 5.94. The van der Waals surface area contributed by atoms with Gasteiger partial charge in [0.05, 0.1) is 0 Å². The van der Waals surface area contributed by atoms with Gasteiger partial charge in [0, 0.05) is 37.7 Å². The number of hydrogen-bond acceptors (Lipinski definition) is 3. The summed E-state index contributed by atoms with van der Waals surface area (Å²) in [5, 5.41) is 2.85. The molecule has 0 bridgehead atoms. The van der Waals surface area contributed by atoms with Crippen molar-refractivity contribution < 1.29 is 9.59 Å². The first-order valence-electron chi connectivity index (χ1n) is 8.05. The fourth-order valence-corrected chi connectivity index (χ4v) is 2.85. The third-order valence-corrected chi connectivity index (χ3v) is 4.11. The summed E-state index contributed by atoms with van der Waals surface area (Å²) < 4.78 is 0. The molecule has 1 aliphatic heterocycles. The Morgan fingerprint density at radius 1 is 1.22 bits per heavy atom. The van der Waals surface area contributed by atoms with E-state index in [1.54, 1.807) is 12.1 Å². The molecular formula is C17H26ClN3O2. The molecule has 1 aromatic carbocycles. The summed E-state index contributed by atoms with van der Waals surface area (Å²) in [6.07, 6.45) is 4.34. The predicted molar refractivity (Wildman–Crippen MR) is 93.7 cm³/mol. The van der Waals surface area contributed by atoms with E-state index in [4.69, 9.17) is 5.73 Å². The second-order valence-corrected chi connectivity index (χ2v) is 5.70. The number of halogens is 1. The van der Waals surface area contributed by atoms with E-state index in [0.717, 1.165) is 25.8 Å². The van der Waals surface area contributed by atoms with Crippen molar-refractivity contribution >= 4 is 24.2 Å². The van der Waals surface area contributed by atoms with E-state index < -0.39 is 0 Å². The molecule has 2 amide bonds. The van der Waals surface area contributed by atoms with E-state index in [2.05, 4.69) is 5.32 Å². The van der Waals surface area contributed by atoms with Crippen molar-refractivity contribution in [2.24, 2.45) is 5.73 Å². The molecule has 0 spiro atoms. The molecule has 3 N–H and O–H groups in total. The lowest BCUT2D eigenvalue weighted by Gasteiger charge is -2.35.